The first kappa shape index (κ1) is 13.0. The van der Waals surface area contributed by atoms with Crippen molar-refractivity contribution in [3.8, 4) is 0 Å². The van der Waals surface area contributed by atoms with E-state index < -0.39 is 17.4 Å². The summed E-state index contributed by atoms with van der Waals surface area (Å²) in [5.41, 5.74) is 4.94. The van der Waals surface area contributed by atoms with Crippen LogP contribution in [-0.2, 0) is 12.6 Å². The number of rotatable bonds is 3. The third-order valence-corrected chi connectivity index (χ3v) is 2.12. The van der Waals surface area contributed by atoms with Gasteiger partial charge in [0.15, 0.2) is 0 Å². The van der Waals surface area contributed by atoms with Gasteiger partial charge in [-0.05, 0) is 38.8 Å². The Kier molecular flexibility index (Phi) is 3.57. The maximum Gasteiger partial charge on any atom is 0.433 e. The van der Waals surface area contributed by atoms with Crippen LogP contribution in [0.25, 0.3) is 0 Å². The quantitative estimate of drug-likeness (QED) is 0.870. The first-order chi connectivity index (χ1) is 7.18. The van der Waals surface area contributed by atoms with Crippen LogP contribution in [0.15, 0.2) is 18.2 Å². The zero-order valence-electron chi connectivity index (χ0n) is 9.30. The van der Waals surface area contributed by atoms with E-state index in [0.717, 1.165) is 6.07 Å². The summed E-state index contributed by atoms with van der Waals surface area (Å²) in [5.74, 6) is 0. The van der Waals surface area contributed by atoms with Crippen molar-refractivity contribution in [3.05, 3.63) is 29.6 Å². The van der Waals surface area contributed by atoms with E-state index in [4.69, 9.17) is 5.73 Å². The van der Waals surface area contributed by atoms with Gasteiger partial charge >= 0.3 is 6.18 Å². The lowest BCUT2D eigenvalue weighted by molar-refractivity contribution is -0.141. The van der Waals surface area contributed by atoms with E-state index >= 15 is 0 Å². The Labute approximate surface area is 92.7 Å². The second-order valence-electron chi connectivity index (χ2n) is 4.50. The number of nitrogens with zero attached hydrogens (tertiary/aromatic N) is 1. The molecule has 0 aliphatic heterocycles. The number of nitrogens with two attached hydrogens (primary N) is 1. The van der Waals surface area contributed by atoms with Crippen molar-refractivity contribution in [3.63, 3.8) is 0 Å². The zero-order chi connectivity index (χ0) is 12.4. The molecule has 1 rings (SSSR count). The van der Waals surface area contributed by atoms with Gasteiger partial charge in [0.2, 0.25) is 0 Å². The van der Waals surface area contributed by atoms with Crippen molar-refractivity contribution >= 4 is 0 Å². The van der Waals surface area contributed by atoms with Gasteiger partial charge in [0, 0.05) is 11.2 Å². The monoisotopic (exact) mass is 232 g/mol. The summed E-state index contributed by atoms with van der Waals surface area (Å²) in [5, 5.41) is 0. The third-order valence-electron chi connectivity index (χ3n) is 2.12. The predicted octanol–water partition coefficient (Wildman–Crippen LogP) is 2.77. The predicted molar refractivity (Wildman–Crippen MR) is 55.8 cm³/mol. The molecular weight excluding hydrogens is 217 g/mol. The minimum Gasteiger partial charge on any atom is -0.326 e. The molecule has 0 saturated heterocycles. The number of halogens is 3. The van der Waals surface area contributed by atoms with E-state index in [2.05, 4.69) is 4.98 Å². The number of alkyl halides is 3. The zero-order valence-corrected chi connectivity index (χ0v) is 9.30. The highest BCUT2D eigenvalue weighted by atomic mass is 19.4. The number of hydrogen-bond acceptors (Lipinski definition) is 2. The van der Waals surface area contributed by atoms with Crippen LogP contribution < -0.4 is 5.73 Å². The molecule has 1 aromatic heterocycles. The summed E-state index contributed by atoms with van der Waals surface area (Å²) in [6.45, 7) is 3.67. The van der Waals surface area contributed by atoms with Gasteiger partial charge < -0.3 is 5.73 Å². The molecule has 0 amide bonds. The molecule has 0 bridgehead atoms. The molecule has 1 aromatic rings. The van der Waals surface area contributed by atoms with Crippen LogP contribution in [0, 0.1) is 0 Å². The molecule has 1 heterocycles. The molecule has 0 aromatic carbocycles. The Hall–Kier alpha value is -1.10. The summed E-state index contributed by atoms with van der Waals surface area (Å²) in [6, 6.07) is 3.92. The minimum atomic E-state index is -4.38. The van der Waals surface area contributed by atoms with Crippen LogP contribution in [0.1, 0.15) is 31.7 Å². The first-order valence-corrected chi connectivity index (χ1v) is 5.00. The van der Waals surface area contributed by atoms with Gasteiger partial charge in [-0.15, -0.1) is 0 Å². The molecule has 0 radical (unpaired) electrons. The van der Waals surface area contributed by atoms with Crippen molar-refractivity contribution in [1.82, 2.24) is 4.98 Å². The van der Waals surface area contributed by atoms with Crippen LogP contribution in [0.5, 0.6) is 0 Å². The Morgan fingerprint density at radius 1 is 1.25 bits per heavy atom. The summed E-state index contributed by atoms with van der Waals surface area (Å²) in [4.78, 5) is 3.57. The Morgan fingerprint density at radius 2 is 1.88 bits per heavy atom. The van der Waals surface area contributed by atoms with Gasteiger partial charge in [-0.2, -0.15) is 13.2 Å². The summed E-state index contributed by atoms with van der Waals surface area (Å²) in [6.07, 6.45) is -3.33. The lowest BCUT2D eigenvalue weighted by Crippen LogP contribution is -2.32. The lowest BCUT2D eigenvalue weighted by atomic mass is 9.98. The Morgan fingerprint density at radius 3 is 2.38 bits per heavy atom. The molecule has 16 heavy (non-hydrogen) atoms. The molecule has 0 aliphatic rings. The molecule has 0 saturated carbocycles. The van der Waals surface area contributed by atoms with Crippen molar-refractivity contribution in [2.24, 2.45) is 5.73 Å². The number of pyridine rings is 1. The SMILES string of the molecule is CC(C)(N)CCc1cccc(C(F)(F)F)n1. The van der Waals surface area contributed by atoms with Gasteiger partial charge in [0.05, 0.1) is 0 Å². The van der Waals surface area contributed by atoms with Crippen LogP contribution in [0.2, 0.25) is 0 Å². The summed E-state index contributed by atoms with van der Waals surface area (Å²) < 4.78 is 37.1. The molecule has 0 aliphatic carbocycles. The molecule has 2 N–H and O–H groups in total. The molecule has 0 spiro atoms. The number of aromatic nitrogens is 1. The maximum atomic E-state index is 12.4. The van der Waals surface area contributed by atoms with E-state index in [0.29, 0.717) is 18.5 Å². The van der Waals surface area contributed by atoms with Crippen molar-refractivity contribution in [2.45, 2.75) is 38.4 Å². The van der Waals surface area contributed by atoms with Crippen LogP contribution in [0.3, 0.4) is 0 Å². The van der Waals surface area contributed by atoms with E-state index in [1.807, 2.05) is 13.8 Å². The standard InChI is InChI=1S/C11H15F3N2/c1-10(2,15)7-6-8-4-3-5-9(16-8)11(12,13)14/h3-5H,6-7,15H2,1-2H3. The van der Waals surface area contributed by atoms with Crippen molar-refractivity contribution in [2.75, 3.05) is 0 Å². The Balaban J connectivity index is 2.76. The highest BCUT2D eigenvalue weighted by Gasteiger charge is 2.32. The minimum absolute atomic E-state index is 0.393. The fourth-order valence-electron chi connectivity index (χ4n) is 1.23. The fourth-order valence-corrected chi connectivity index (χ4v) is 1.23. The maximum absolute atomic E-state index is 12.4. The number of hydrogen-bond donors (Lipinski definition) is 1. The normalized spacial score (nSPS) is 12.9. The second kappa shape index (κ2) is 4.41. The van der Waals surface area contributed by atoms with Crippen LogP contribution in [0.4, 0.5) is 13.2 Å². The third kappa shape index (κ3) is 4.18. The second-order valence-corrected chi connectivity index (χ2v) is 4.50. The van der Waals surface area contributed by atoms with Crippen molar-refractivity contribution < 1.29 is 13.2 Å². The van der Waals surface area contributed by atoms with Crippen molar-refractivity contribution in [1.29, 1.82) is 0 Å². The van der Waals surface area contributed by atoms with Gasteiger partial charge in [0.1, 0.15) is 5.69 Å². The molecular formula is C11H15F3N2. The molecule has 0 fully saturated rings. The van der Waals surface area contributed by atoms with E-state index in [1.165, 1.54) is 6.07 Å². The van der Waals surface area contributed by atoms with E-state index in [9.17, 15) is 13.2 Å². The van der Waals surface area contributed by atoms with Gasteiger partial charge in [-0.3, -0.25) is 0 Å². The smallest absolute Gasteiger partial charge is 0.326 e. The van der Waals surface area contributed by atoms with E-state index in [1.54, 1.807) is 6.07 Å². The first-order valence-electron chi connectivity index (χ1n) is 5.00. The molecule has 2 nitrogen and oxygen atoms in total. The van der Waals surface area contributed by atoms with Crippen LogP contribution in [-0.4, -0.2) is 10.5 Å². The summed E-state index contributed by atoms with van der Waals surface area (Å²) in [7, 11) is 0. The average Bonchev–Trinajstić information content (AvgIpc) is 2.13. The molecule has 0 unspecified atom stereocenters. The topological polar surface area (TPSA) is 38.9 Å². The molecule has 0 atom stereocenters. The highest BCUT2D eigenvalue weighted by molar-refractivity contribution is 5.14. The lowest BCUT2D eigenvalue weighted by Gasteiger charge is -2.17. The number of aryl methyl sites for hydroxylation is 1. The summed E-state index contributed by atoms with van der Waals surface area (Å²) >= 11 is 0. The van der Waals surface area contributed by atoms with E-state index in [-0.39, 0.29) is 0 Å². The molecule has 90 valence electrons. The fraction of sp³-hybridized carbons (Fsp3) is 0.545. The Bertz CT molecular complexity index is 353. The highest BCUT2D eigenvalue weighted by Crippen LogP contribution is 2.27. The average molecular weight is 232 g/mol. The molecule has 5 heteroatoms. The largest absolute Gasteiger partial charge is 0.433 e. The van der Waals surface area contributed by atoms with Gasteiger partial charge in [-0.1, -0.05) is 6.07 Å². The van der Waals surface area contributed by atoms with Crippen LogP contribution >= 0.6 is 0 Å². The van der Waals surface area contributed by atoms with Gasteiger partial charge in [-0.25, -0.2) is 4.98 Å². The van der Waals surface area contributed by atoms with Gasteiger partial charge in [0.25, 0.3) is 0 Å².